The molecule has 3 aliphatic rings. The van der Waals surface area contributed by atoms with Gasteiger partial charge in [0.05, 0.1) is 22.9 Å². The highest BCUT2D eigenvalue weighted by Gasteiger charge is 2.63. The second kappa shape index (κ2) is 7.64. The molecular formula is C24H27FN2O4S. The largest absolute Gasteiger partial charge is 0.614 e. The zero-order chi connectivity index (χ0) is 22.7. The van der Waals surface area contributed by atoms with Gasteiger partial charge in [-0.15, -0.1) is 4.21 Å². The quantitative estimate of drug-likeness (QED) is 0.659. The van der Waals surface area contributed by atoms with Crippen LogP contribution in [0.3, 0.4) is 0 Å². The average Bonchev–Trinajstić information content (AvgIpc) is 3.39. The van der Waals surface area contributed by atoms with Crippen molar-refractivity contribution < 1.29 is 22.7 Å². The average molecular weight is 459 g/mol. The van der Waals surface area contributed by atoms with E-state index in [4.69, 9.17) is 4.74 Å². The number of ether oxygens (including phenoxy) is 1. The Hall–Kier alpha value is -2.29. The van der Waals surface area contributed by atoms with E-state index in [-0.39, 0.29) is 6.54 Å². The third-order valence-electron chi connectivity index (χ3n) is 7.06. The minimum absolute atomic E-state index is 0.0651. The number of benzene rings is 2. The standard InChI is InChI=1S/C24H27FN2O4S/c1-24(2)23(28)27(13-18-5-3-4-6-19(18)25)20-14-26(15-22(20)32(24,29)30)12-16-7-8-21-17(11-16)9-10-31-21/h3-8,11,20,22H,9-10,12-15H2,1-2H3/t20-,22+/m0/s1. The van der Waals surface area contributed by atoms with Gasteiger partial charge in [0, 0.05) is 38.2 Å². The predicted molar refractivity (Wildman–Crippen MR) is 118 cm³/mol. The lowest BCUT2D eigenvalue weighted by atomic mass is 10.1. The molecule has 2 aromatic rings. The third kappa shape index (κ3) is 3.36. The minimum Gasteiger partial charge on any atom is -0.614 e. The molecular weight excluding hydrogens is 431 g/mol. The van der Waals surface area contributed by atoms with Gasteiger partial charge in [0.1, 0.15) is 11.6 Å². The minimum atomic E-state index is -3.70. The molecule has 1 amide bonds. The summed E-state index contributed by atoms with van der Waals surface area (Å²) in [7, 11) is -3.70. The van der Waals surface area contributed by atoms with E-state index in [1.165, 1.54) is 25.5 Å². The summed E-state index contributed by atoms with van der Waals surface area (Å²) in [4.78, 5) is 17.0. The Morgan fingerprint density at radius 2 is 1.97 bits per heavy atom. The summed E-state index contributed by atoms with van der Waals surface area (Å²) in [6, 6.07) is 11.9. The highest BCUT2D eigenvalue weighted by atomic mass is 32.3. The summed E-state index contributed by atoms with van der Waals surface area (Å²) in [5, 5.41) is -0.695. The maximum atomic E-state index is 14.4. The molecule has 170 valence electrons. The van der Waals surface area contributed by atoms with Crippen molar-refractivity contribution in [2.24, 2.45) is 0 Å². The van der Waals surface area contributed by atoms with Gasteiger partial charge in [-0.05, 0) is 37.1 Å². The van der Waals surface area contributed by atoms with Gasteiger partial charge in [0.2, 0.25) is 4.75 Å². The number of fused-ring (bicyclic) bond motifs is 2. The summed E-state index contributed by atoms with van der Waals surface area (Å²) in [6.45, 7) is 5.08. The second-order valence-electron chi connectivity index (χ2n) is 9.42. The van der Waals surface area contributed by atoms with Crippen molar-refractivity contribution in [1.29, 1.82) is 0 Å². The van der Waals surface area contributed by atoms with E-state index < -0.39 is 38.0 Å². The molecule has 8 heteroatoms. The number of nitrogens with zero attached hydrogens (tertiary/aromatic N) is 2. The summed E-state index contributed by atoms with van der Waals surface area (Å²) in [5.74, 6) is 0.0617. The normalized spacial score (nSPS) is 29.0. The number of likely N-dealkylation sites (tertiary alicyclic amines) is 1. The summed E-state index contributed by atoms with van der Waals surface area (Å²) < 4.78 is 45.1. The summed E-state index contributed by atoms with van der Waals surface area (Å²) in [5.41, 5.74) is 2.66. The van der Waals surface area contributed by atoms with Crippen molar-refractivity contribution in [3.63, 3.8) is 0 Å². The van der Waals surface area contributed by atoms with Gasteiger partial charge in [-0.2, -0.15) is 0 Å². The highest BCUT2D eigenvalue weighted by Crippen LogP contribution is 2.42. The van der Waals surface area contributed by atoms with Crippen LogP contribution >= 0.6 is 0 Å². The molecule has 0 bridgehead atoms. The lowest BCUT2D eigenvalue weighted by Gasteiger charge is -2.47. The van der Waals surface area contributed by atoms with Gasteiger partial charge in [-0.25, -0.2) is 4.39 Å². The van der Waals surface area contributed by atoms with Crippen LogP contribution in [0.4, 0.5) is 4.39 Å². The maximum Gasteiger partial charge on any atom is 0.278 e. The number of sulfone groups is 1. The van der Waals surface area contributed by atoms with Gasteiger partial charge in [0.25, 0.3) is 5.91 Å². The van der Waals surface area contributed by atoms with Crippen molar-refractivity contribution >= 4 is 16.1 Å². The van der Waals surface area contributed by atoms with Crippen molar-refractivity contribution in [2.45, 2.75) is 49.4 Å². The first-order chi connectivity index (χ1) is 15.2. The van der Waals surface area contributed by atoms with Gasteiger partial charge < -0.3 is 14.2 Å². The fourth-order valence-corrected chi connectivity index (χ4v) is 7.33. The Bertz CT molecular complexity index is 1120. The SMILES string of the molecule is CC1(C)C(=O)N(Cc2ccccc2F)[C@H]2CN(Cc3ccc4c(c3)CCO4)C[C@H]2[S+]1(=O)[O-]. The first-order valence-electron chi connectivity index (χ1n) is 10.9. The number of amides is 1. The Balaban J connectivity index is 1.43. The fourth-order valence-electron chi connectivity index (χ4n) is 5.16. The number of hydrogen-bond acceptors (Lipinski definition) is 5. The molecule has 1 unspecified atom stereocenters. The lowest BCUT2D eigenvalue weighted by Crippen LogP contribution is -2.67. The Morgan fingerprint density at radius 3 is 2.75 bits per heavy atom. The van der Waals surface area contributed by atoms with Gasteiger partial charge in [0.15, 0.2) is 5.25 Å². The molecule has 0 saturated carbocycles. The summed E-state index contributed by atoms with van der Waals surface area (Å²) in [6.07, 6.45) is 0.877. The van der Waals surface area contributed by atoms with Gasteiger partial charge in [-0.3, -0.25) is 9.69 Å². The van der Waals surface area contributed by atoms with E-state index >= 15 is 0 Å². The van der Waals surface area contributed by atoms with Crippen LogP contribution in [-0.2, 0) is 38.7 Å². The fraction of sp³-hybridized carbons (Fsp3) is 0.458. The molecule has 2 aromatic carbocycles. The lowest BCUT2D eigenvalue weighted by molar-refractivity contribution is -0.137. The van der Waals surface area contributed by atoms with Crippen LogP contribution in [0.1, 0.15) is 30.5 Å². The van der Waals surface area contributed by atoms with E-state index in [0.717, 1.165) is 17.7 Å². The molecule has 32 heavy (non-hydrogen) atoms. The van der Waals surface area contributed by atoms with E-state index in [9.17, 15) is 17.9 Å². The molecule has 0 spiro atoms. The smallest absolute Gasteiger partial charge is 0.278 e. The van der Waals surface area contributed by atoms with Crippen LogP contribution in [0.15, 0.2) is 42.5 Å². The zero-order valence-electron chi connectivity index (χ0n) is 18.3. The Kier molecular flexibility index (Phi) is 5.15. The molecule has 5 rings (SSSR count). The Labute approximate surface area is 188 Å². The number of carbonyl (C=O) groups excluding carboxylic acids is 1. The van der Waals surface area contributed by atoms with Crippen molar-refractivity contribution in [3.05, 3.63) is 65.0 Å². The Morgan fingerprint density at radius 1 is 1.19 bits per heavy atom. The van der Waals surface area contributed by atoms with Crippen molar-refractivity contribution in [1.82, 2.24) is 9.80 Å². The van der Waals surface area contributed by atoms with E-state index in [1.54, 1.807) is 23.1 Å². The third-order valence-corrected chi connectivity index (χ3v) is 9.91. The molecule has 0 N–H and O–H groups in total. The molecule has 2 fully saturated rings. The van der Waals surface area contributed by atoms with Crippen LogP contribution in [0.5, 0.6) is 5.75 Å². The van der Waals surface area contributed by atoms with Crippen molar-refractivity contribution in [3.8, 4) is 5.75 Å². The monoisotopic (exact) mass is 458 g/mol. The van der Waals surface area contributed by atoms with Crippen LogP contribution in [-0.4, -0.2) is 56.0 Å². The van der Waals surface area contributed by atoms with Crippen LogP contribution in [0.2, 0.25) is 0 Å². The molecule has 6 nitrogen and oxygen atoms in total. The number of hydrogen-bond donors (Lipinski definition) is 0. The molecule has 2 saturated heterocycles. The van der Waals surface area contributed by atoms with Crippen LogP contribution in [0.25, 0.3) is 0 Å². The molecule has 0 radical (unpaired) electrons. The number of rotatable bonds is 4. The first kappa shape index (κ1) is 21.6. The number of carbonyl (C=O) groups is 1. The van der Waals surface area contributed by atoms with Crippen molar-refractivity contribution in [2.75, 3.05) is 19.7 Å². The summed E-state index contributed by atoms with van der Waals surface area (Å²) >= 11 is 0. The maximum absolute atomic E-state index is 14.4. The predicted octanol–water partition coefficient (Wildman–Crippen LogP) is 2.76. The topological polar surface area (TPSA) is 72.9 Å². The first-order valence-corrected chi connectivity index (χ1v) is 12.5. The molecule has 3 aliphatic heterocycles. The van der Waals surface area contributed by atoms with Gasteiger partial charge in [-0.1, -0.05) is 30.3 Å². The van der Waals surface area contributed by atoms with E-state index in [0.29, 0.717) is 31.8 Å². The van der Waals surface area contributed by atoms with E-state index in [1.807, 2.05) is 12.1 Å². The highest BCUT2D eigenvalue weighted by molar-refractivity contribution is 8.00. The van der Waals surface area contributed by atoms with Gasteiger partial charge >= 0.3 is 0 Å². The zero-order valence-corrected chi connectivity index (χ0v) is 19.1. The van der Waals surface area contributed by atoms with Crippen LogP contribution in [0, 0.1) is 5.82 Å². The van der Waals surface area contributed by atoms with Crippen LogP contribution < -0.4 is 4.74 Å². The molecule has 0 aliphatic carbocycles. The molecule has 3 atom stereocenters. The van der Waals surface area contributed by atoms with E-state index in [2.05, 4.69) is 11.0 Å². The second-order valence-corrected chi connectivity index (χ2v) is 12.1. The molecule has 3 heterocycles. The molecule has 0 aromatic heterocycles. The number of halogens is 1.